The van der Waals surface area contributed by atoms with Gasteiger partial charge in [0.1, 0.15) is 0 Å². The lowest BCUT2D eigenvalue weighted by molar-refractivity contribution is 0.187. The largest absolute Gasteiger partial charge is 0.394 e. The molecule has 0 fully saturated rings. The number of aliphatic hydroxyl groups is 1. The summed E-state index contributed by atoms with van der Waals surface area (Å²) in [6, 6.07) is 2.09. The summed E-state index contributed by atoms with van der Waals surface area (Å²) in [4.78, 5) is 0. The number of hydrogen-bond acceptors (Lipinski definition) is 3. The van der Waals surface area contributed by atoms with Crippen LogP contribution in [-0.4, -0.2) is 17.3 Å². The van der Waals surface area contributed by atoms with Crippen LogP contribution in [0.15, 0.2) is 15.2 Å². The van der Waals surface area contributed by atoms with Crippen LogP contribution in [0.4, 0.5) is 0 Å². The van der Waals surface area contributed by atoms with Crippen molar-refractivity contribution in [3.05, 3.63) is 20.8 Å². The molecule has 1 rings (SSSR count). The van der Waals surface area contributed by atoms with Gasteiger partial charge in [0, 0.05) is 12.1 Å². The van der Waals surface area contributed by atoms with E-state index in [-0.39, 0.29) is 12.1 Å². The van der Waals surface area contributed by atoms with E-state index in [1.165, 1.54) is 5.56 Å². The minimum Gasteiger partial charge on any atom is -0.394 e. The highest BCUT2D eigenvalue weighted by Crippen LogP contribution is 2.20. The van der Waals surface area contributed by atoms with Gasteiger partial charge in [-0.05, 0) is 46.8 Å². The topological polar surface area (TPSA) is 32.3 Å². The molecule has 0 unspecified atom stereocenters. The van der Waals surface area contributed by atoms with Crippen molar-refractivity contribution in [2.75, 3.05) is 6.61 Å². The van der Waals surface area contributed by atoms with E-state index in [0.29, 0.717) is 0 Å². The van der Waals surface area contributed by atoms with Crippen LogP contribution in [0.1, 0.15) is 19.4 Å². The first-order valence-electron chi connectivity index (χ1n) is 4.12. The molecule has 0 bridgehead atoms. The molecule has 4 heteroatoms. The van der Waals surface area contributed by atoms with Gasteiger partial charge in [-0.1, -0.05) is 0 Å². The van der Waals surface area contributed by atoms with Gasteiger partial charge in [0.25, 0.3) is 0 Å². The molecule has 13 heavy (non-hydrogen) atoms. The standard InChI is InChI=1S/C9H14BrNOS/c1-9(2,6-12)11-4-7-3-8(10)13-5-7/h3,5,11-12H,4,6H2,1-2H3. The first kappa shape index (κ1) is 11.2. The minimum atomic E-state index is -0.200. The van der Waals surface area contributed by atoms with Crippen molar-refractivity contribution >= 4 is 27.3 Å². The Morgan fingerprint density at radius 3 is 2.77 bits per heavy atom. The van der Waals surface area contributed by atoms with E-state index >= 15 is 0 Å². The Morgan fingerprint density at radius 2 is 2.31 bits per heavy atom. The third-order valence-electron chi connectivity index (χ3n) is 1.79. The van der Waals surface area contributed by atoms with Crippen molar-refractivity contribution in [2.24, 2.45) is 0 Å². The van der Waals surface area contributed by atoms with Crippen LogP contribution in [0, 0.1) is 0 Å². The van der Waals surface area contributed by atoms with E-state index in [4.69, 9.17) is 5.11 Å². The Morgan fingerprint density at radius 1 is 1.62 bits per heavy atom. The van der Waals surface area contributed by atoms with Crippen LogP contribution in [-0.2, 0) is 6.54 Å². The van der Waals surface area contributed by atoms with Gasteiger partial charge in [-0.3, -0.25) is 0 Å². The third kappa shape index (κ3) is 3.77. The first-order valence-corrected chi connectivity index (χ1v) is 5.79. The highest BCUT2D eigenvalue weighted by Gasteiger charge is 2.14. The second-order valence-electron chi connectivity index (χ2n) is 3.65. The zero-order valence-electron chi connectivity index (χ0n) is 7.80. The van der Waals surface area contributed by atoms with Crippen molar-refractivity contribution in [3.63, 3.8) is 0 Å². The number of hydrogen-bond donors (Lipinski definition) is 2. The van der Waals surface area contributed by atoms with Gasteiger partial charge in [0.2, 0.25) is 0 Å². The number of nitrogens with one attached hydrogen (secondary N) is 1. The summed E-state index contributed by atoms with van der Waals surface area (Å²) in [6.07, 6.45) is 0. The molecule has 74 valence electrons. The minimum absolute atomic E-state index is 0.151. The molecule has 0 saturated heterocycles. The van der Waals surface area contributed by atoms with Gasteiger partial charge >= 0.3 is 0 Å². The van der Waals surface area contributed by atoms with E-state index in [1.807, 2.05) is 13.8 Å². The lowest BCUT2D eigenvalue weighted by Gasteiger charge is -2.23. The molecular weight excluding hydrogens is 250 g/mol. The molecule has 0 amide bonds. The van der Waals surface area contributed by atoms with Gasteiger partial charge in [-0.15, -0.1) is 11.3 Å². The van der Waals surface area contributed by atoms with Crippen molar-refractivity contribution in [1.82, 2.24) is 5.32 Å². The van der Waals surface area contributed by atoms with E-state index in [1.54, 1.807) is 11.3 Å². The predicted octanol–water partition coefficient (Wildman–Crippen LogP) is 2.37. The number of halogens is 1. The number of aliphatic hydroxyl groups excluding tert-OH is 1. The van der Waals surface area contributed by atoms with Crippen molar-refractivity contribution in [2.45, 2.75) is 25.9 Å². The van der Waals surface area contributed by atoms with Crippen LogP contribution in [0.2, 0.25) is 0 Å². The first-order chi connectivity index (χ1) is 6.03. The average Bonchev–Trinajstić information content (AvgIpc) is 2.48. The molecule has 0 aliphatic rings. The maximum Gasteiger partial charge on any atom is 0.0701 e. The van der Waals surface area contributed by atoms with E-state index in [2.05, 4.69) is 32.7 Å². The molecule has 1 heterocycles. The Kier molecular flexibility index (Phi) is 3.91. The van der Waals surface area contributed by atoms with Crippen molar-refractivity contribution in [1.29, 1.82) is 0 Å². The summed E-state index contributed by atoms with van der Waals surface area (Å²) in [6.45, 7) is 4.91. The highest BCUT2D eigenvalue weighted by molar-refractivity contribution is 9.11. The lowest BCUT2D eigenvalue weighted by Crippen LogP contribution is -2.41. The molecular formula is C9H14BrNOS. The predicted molar refractivity (Wildman–Crippen MR) is 60.0 cm³/mol. The fourth-order valence-electron chi connectivity index (χ4n) is 0.836. The molecule has 0 spiro atoms. The zero-order chi connectivity index (χ0) is 9.90. The van der Waals surface area contributed by atoms with Crippen LogP contribution in [0.5, 0.6) is 0 Å². The molecule has 0 aliphatic carbocycles. The number of rotatable bonds is 4. The second-order valence-corrected chi connectivity index (χ2v) is 5.95. The van der Waals surface area contributed by atoms with Crippen LogP contribution in [0.25, 0.3) is 0 Å². The fraction of sp³-hybridized carbons (Fsp3) is 0.556. The van der Waals surface area contributed by atoms with Gasteiger partial charge in [0.15, 0.2) is 0 Å². The maximum atomic E-state index is 9.01. The number of thiophene rings is 1. The summed E-state index contributed by atoms with van der Waals surface area (Å²) in [7, 11) is 0. The SMILES string of the molecule is CC(C)(CO)NCc1csc(Br)c1. The smallest absolute Gasteiger partial charge is 0.0701 e. The zero-order valence-corrected chi connectivity index (χ0v) is 10.2. The second kappa shape index (κ2) is 4.55. The fourth-order valence-corrected chi connectivity index (χ4v) is 2.04. The Bertz CT molecular complexity index is 272. The molecule has 1 aromatic rings. The maximum absolute atomic E-state index is 9.01. The van der Waals surface area contributed by atoms with Gasteiger partial charge in [-0.25, -0.2) is 0 Å². The van der Waals surface area contributed by atoms with E-state index in [9.17, 15) is 0 Å². The van der Waals surface area contributed by atoms with Crippen LogP contribution in [0.3, 0.4) is 0 Å². The van der Waals surface area contributed by atoms with Gasteiger partial charge in [0.05, 0.1) is 10.4 Å². The highest BCUT2D eigenvalue weighted by atomic mass is 79.9. The summed E-state index contributed by atoms with van der Waals surface area (Å²) in [5, 5.41) is 14.4. The monoisotopic (exact) mass is 263 g/mol. The van der Waals surface area contributed by atoms with Crippen LogP contribution < -0.4 is 5.32 Å². The molecule has 0 saturated carbocycles. The summed E-state index contributed by atoms with van der Waals surface area (Å²) in [5.41, 5.74) is 1.05. The quantitative estimate of drug-likeness (QED) is 0.875. The Labute approximate surface area is 91.1 Å². The van der Waals surface area contributed by atoms with Crippen LogP contribution >= 0.6 is 27.3 Å². The average molecular weight is 264 g/mol. The summed E-state index contributed by atoms with van der Waals surface area (Å²) >= 11 is 5.09. The molecule has 0 aromatic carbocycles. The Hall–Kier alpha value is 0.100. The Balaban J connectivity index is 2.43. The van der Waals surface area contributed by atoms with E-state index < -0.39 is 0 Å². The lowest BCUT2D eigenvalue weighted by atomic mass is 10.1. The van der Waals surface area contributed by atoms with Gasteiger partial charge in [-0.2, -0.15) is 0 Å². The normalized spacial score (nSPS) is 12.0. The van der Waals surface area contributed by atoms with Crippen molar-refractivity contribution < 1.29 is 5.11 Å². The molecule has 2 nitrogen and oxygen atoms in total. The third-order valence-corrected chi connectivity index (χ3v) is 3.34. The molecule has 2 N–H and O–H groups in total. The van der Waals surface area contributed by atoms with Crippen molar-refractivity contribution in [3.8, 4) is 0 Å². The molecule has 1 aromatic heterocycles. The summed E-state index contributed by atoms with van der Waals surface area (Å²) in [5.74, 6) is 0. The molecule has 0 aliphatic heterocycles. The van der Waals surface area contributed by atoms with E-state index in [0.717, 1.165) is 10.3 Å². The van der Waals surface area contributed by atoms with Gasteiger partial charge < -0.3 is 10.4 Å². The molecule has 0 radical (unpaired) electrons. The summed E-state index contributed by atoms with van der Waals surface area (Å²) < 4.78 is 1.14. The molecule has 0 atom stereocenters.